The summed E-state index contributed by atoms with van der Waals surface area (Å²) in [4.78, 5) is 24.1. The fourth-order valence-electron chi connectivity index (χ4n) is 2.17. The molecule has 0 saturated heterocycles. The molecule has 0 spiro atoms. The molecule has 6 nitrogen and oxygen atoms in total. The Bertz CT molecular complexity index is 742. The van der Waals surface area contributed by atoms with Crippen LogP contribution in [0.25, 0.3) is 0 Å². The Morgan fingerprint density at radius 1 is 1.04 bits per heavy atom. The van der Waals surface area contributed by atoms with Gasteiger partial charge in [0.15, 0.2) is 17.6 Å². The zero-order chi connectivity index (χ0) is 18.9. The van der Waals surface area contributed by atoms with Gasteiger partial charge in [-0.1, -0.05) is 19.1 Å². The second-order valence-corrected chi connectivity index (χ2v) is 5.61. The van der Waals surface area contributed by atoms with Crippen molar-refractivity contribution in [1.82, 2.24) is 0 Å². The minimum Gasteiger partial charge on any atom is -0.493 e. The maximum absolute atomic E-state index is 12.3. The summed E-state index contributed by atoms with van der Waals surface area (Å²) in [7, 11) is 1.54. The van der Waals surface area contributed by atoms with Crippen molar-refractivity contribution in [2.24, 2.45) is 0 Å². The van der Waals surface area contributed by atoms with Crippen LogP contribution in [0.2, 0.25) is 0 Å². The van der Waals surface area contributed by atoms with E-state index in [0.29, 0.717) is 29.4 Å². The van der Waals surface area contributed by atoms with E-state index in [2.05, 4.69) is 5.32 Å². The van der Waals surface area contributed by atoms with Crippen molar-refractivity contribution in [1.29, 1.82) is 0 Å². The Morgan fingerprint density at radius 3 is 2.31 bits per heavy atom. The Labute approximate surface area is 153 Å². The number of methoxy groups -OCH3 is 1. The molecule has 138 valence electrons. The molecule has 0 aliphatic heterocycles. The van der Waals surface area contributed by atoms with Crippen molar-refractivity contribution < 1.29 is 23.8 Å². The maximum atomic E-state index is 12.3. The van der Waals surface area contributed by atoms with Gasteiger partial charge in [-0.25, -0.2) is 4.79 Å². The lowest BCUT2D eigenvalue weighted by molar-refractivity contribution is -0.122. The number of carbonyl (C=O) groups is 2. The van der Waals surface area contributed by atoms with Crippen molar-refractivity contribution in [3.63, 3.8) is 0 Å². The van der Waals surface area contributed by atoms with E-state index in [4.69, 9.17) is 14.2 Å². The first kappa shape index (κ1) is 19.3. The minimum atomic E-state index is -0.722. The molecule has 2 aromatic carbocycles. The molecular weight excluding hydrogens is 334 g/mol. The van der Waals surface area contributed by atoms with Crippen molar-refractivity contribution in [3.05, 3.63) is 54.1 Å². The van der Waals surface area contributed by atoms with Crippen LogP contribution in [0.1, 0.15) is 30.6 Å². The van der Waals surface area contributed by atoms with Crippen molar-refractivity contribution in [2.75, 3.05) is 19.0 Å². The second-order valence-electron chi connectivity index (χ2n) is 5.61. The van der Waals surface area contributed by atoms with Gasteiger partial charge < -0.3 is 19.5 Å². The van der Waals surface area contributed by atoms with E-state index in [1.165, 1.54) is 0 Å². The molecule has 2 rings (SSSR count). The molecule has 0 saturated carbocycles. The van der Waals surface area contributed by atoms with E-state index >= 15 is 0 Å². The van der Waals surface area contributed by atoms with Crippen molar-refractivity contribution in [2.45, 2.75) is 26.4 Å². The standard InChI is InChI=1S/C20H23NO5/c1-4-13-25-20(23)15-9-11-16(12-10-15)21-19(22)14(2)26-18-8-6-5-7-17(18)24-3/h5-12,14H,4,13H2,1-3H3,(H,21,22). The van der Waals surface area contributed by atoms with Crippen LogP contribution < -0.4 is 14.8 Å². The fourth-order valence-corrected chi connectivity index (χ4v) is 2.17. The minimum absolute atomic E-state index is 0.308. The third kappa shape index (κ3) is 5.24. The van der Waals surface area contributed by atoms with E-state index in [9.17, 15) is 9.59 Å². The number of benzene rings is 2. The summed E-state index contributed by atoms with van der Waals surface area (Å²) in [5, 5.41) is 2.75. The van der Waals surface area contributed by atoms with Crippen LogP contribution in [0, 0.1) is 0 Å². The number of anilines is 1. The number of ether oxygens (including phenoxy) is 3. The van der Waals surface area contributed by atoms with Crippen LogP contribution >= 0.6 is 0 Å². The van der Waals surface area contributed by atoms with Gasteiger partial charge in [0, 0.05) is 5.69 Å². The van der Waals surface area contributed by atoms with E-state index < -0.39 is 6.10 Å². The molecule has 1 atom stereocenters. The molecule has 1 unspecified atom stereocenters. The van der Waals surface area contributed by atoms with Crippen LogP contribution in [0.4, 0.5) is 5.69 Å². The fraction of sp³-hybridized carbons (Fsp3) is 0.300. The summed E-state index contributed by atoms with van der Waals surface area (Å²) in [5.41, 5.74) is 1.01. The average Bonchev–Trinajstić information content (AvgIpc) is 2.67. The van der Waals surface area contributed by atoms with Gasteiger partial charge in [-0.05, 0) is 49.7 Å². The van der Waals surface area contributed by atoms with Gasteiger partial charge in [-0.3, -0.25) is 4.79 Å². The summed E-state index contributed by atoms with van der Waals surface area (Å²) in [6.07, 6.45) is 0.0461. The highest BCUT2D eigenvalue weighted by Crippen LogP contribution is 2.27. The molecule has 0 bridgehead atoms. The number of amides is 1. The zero-order valence-corrected chi connectivity index (χ0v) is 15.2. The number of carbonyl (C=O) groups excluding carboxylic acids is 2. The Kier molecular flexibility index (Phi) is 7.02. The van der Waals surface area contributed by atoms with Crippen LogP contribution in [0.5, 0.6) is 11.5 Å². The predicted octanol–water partition coefficient (Wildman–Crippen LogP) is 3.67. The van der Waals surface area contributed by atoms with Gasteiger partial charge in [-0.15, -0.1) is 0 Å². The number of rotatable bonds is 8. The number of hydrogen-bond acceptors (Lipinski definition) is 5. The van der Waals surface area contributed by atoms with Crippen molar-refractivity contribution in [3.8, 4) is 11.5 Å². The lowest BCUT2D eigenvalue weighted by Gasteiger charge is -2.16. The van der Waals surface area contributed by atoms with E-state index in [1.54, 1.807) is 56.5 Å². The summed E-state index contributed by atoms with van der Waals surface area (Å²) < 4.78 is 15.9. The molecule has 1 N–H and O–H groups in total. The molecule has 0 aromatic heterocycles. The van der Waals surface area contributed by atoms with Crippen molar-refractivity contribution >= 4 is 17.6 Å². The Morgan fingerprint density at radius 2 is 1.69 bits per heavy atom. The van der Waals surface area contributed by atoms with Crippen LogP contribution in [0.3, 0.4) is 0 Å². The molecule has 0 heterocycles. The highest BCUT2D eigenvalue weighted by atomic mass is 16.5. The van der Waals surface area contributed by atoms with E-state index in [0.717, 1.165) is 6.42 Å². The van der Waals surface area contributed by atoms with Gasteiger partial charge in [0.1, 0.15) is 0 Å². The SMILES string of the molecule is CCCOC(=O)c1ccc(NC(=O)C(C)Oc2ccccc2OC)cc1. The Balaban J connectivity index is 1.95. The van der Waals surface area contributed by atoms with Gasteiger partial charge >= 0.3 is 5.97 Å². The first-order valence-corrected chi connectivity index (χ1v) is 8.43. The van der Waals surface area contributed by atoms with Gasteiger partial charge in [-0.2, -0.15) is 0 Å². The normalized spacial score (nSPS) is 11.3. The molecule has 0 aliphatic carbocycles. The third-order valence-corrected chi connectivity index (χ3v) is 3.57. The summed E-state index contributed by atoms with van der Waals surface area (Å²) in [5.74, 6) is 0.364. The highest BCUT2D eigenvalue weighted by molar-refractivity contribution is 5.95. The maximum Gasteiger partial charge on any atom is 0.338 e. The molecule has 1 amide bonds. The van der Waals surface area contributed by atoms with Gasteiger partial charge in [0.2, 0.25) is 0 Å². The monoisotopic (exact) mass is 357 g/mol. The molecule has 0 fully saturated rings. The number of hydrogen-bond donors (Lipinski definition) is 1. The molecule has 0 aliphatic rings. The highest BCUT2D eigenvalue weighted by Gasteiger charge is 2.17. The summed E-state index contributed by atoms with van der Waals surface area (Å²) in [6, 6.07) is 13.6. The first-order valence-electron chi connectivity index (χ1n) is 8.43. The molecule has 2 aromatic rings. The lowest BCUT2D eigenvalue weighted by atomic mass is 10.2. The zero-order valence-electron chi connectivity index (χ0n) is 15.2. The van der Waals surface area contributed by atoms with Gasteiger partial charge in [0.05, 0.1) is 19.3 Å². The number of nitrogens with one attached hydrogen (secondary N) is 1. The average molecular weight is 357 g/mol. The quantitative estimate of drug-likeness (QED) is 0.730. The third-order valence-electron chi connectivity index (χ3n) is 3.57. The second kappa shape index (κ2) is 9.46. The summed E-state index contributed by atoms with van der Waals surface area (Å²) >= 11 is 0. The predicted molar refractivity (Wildman–Crippen MR) is 98.7 cm³/mol. The molecule has 0 radical (unpaired) electrons. The molecule has 6 heteroatoms. The molecule has 26 heavy (non-hydrogen) atoms. The number of para-hydroxylation sites is 2. The van der Waals surface area contributed by atoms with Crippen LogP contribution in [-0.2, 0) is 9.53 Å². The lowest BCUT2D eigenvalue weighted by Crippen LogP contribution is -2.30. The van der Waals surface area contributed by atoms with Gasteiger partial charge in [0.25, 0.3) is 5.91 Å². The number of esters is 1. The molecular formula is C20H23NO5. The van der Waals surface area contributed by atoms with Crippen LogP contribution in [0.15, 0.2) is 48.5 Å². The Hall–Kier alpha value is -3.02. The summed E-state index contributed by atoms with van der Waals surface area (Å²) in [6.45, 7) is 3.97. The smallest absolute Gasteiger partial charge is 0.338 e. The first-order chi connectivity index (χ1) is 12.5. The van der Waals surface area contributed by atoms with E-state index in [1.807, 2.05) is 13.0 Å². The topological polar surface area (TPSA) is 73.9 Å². The largest absolute Gasteiger partial charge is 0.493 e. The van der Waals surface area contributed by atoms with Crippen LogP contribution in [-0.4, -0.2) is 31.7 Å². The van der Waals surface area contributed by atoms with E-state index in [-0.39, 0.29) is 11.9 Å².